The zero-order chi connectivity index (χ0) is 12.6. The Labute approximate surface area is 105 Å². The average Bonchev–Trinajstić information content (AvgIpc) is 2.14. The Balaban J connectivity index is 1.76. The SMILES string of the molecule is CC(=O)N1CC(N2CCC(C(C)(C)C)CC2)C1. The Morgan fingerprint density at radius 1 is 1.12 bits per heavy atom. The van der Waals surface area contributed by atoms with Crippen molar-refractivity contribution < 1.29 is 4.79 Å². The zero-order valence-electron chi connectivity index (χ0n) is 11.7. The summed E-state index contributed by atoms with van der Waals surface area (Å²) in [7, 11) is 0. The summed E-state index contributed by atoms with van der Waals surface area (Å²) < 4.78 is 0. The van der Waals surface area contributed by atoms with Crippen LogP contribution < -0.4 is 0 Å². The quantitative estimate of drug-likeness (QED) is 0.697. The monoisotopic (exact) mass is 238 g/mol. The van der Waals surface area contributed by atoms with Gasteiger partial charge >= 0.3 is 0 Å². The molecule has 2 rings (SSSR count). The normalized spacial score (nSPS) is 24.8. The highest BCUT2D eigenvalue weighted by atomic mass is 16.2. The summed E-state index contributed by atoms with van der Waals surface area (Å²) in [6.07, 6.45) is 2.64. The van der Waals surface area contributed by atoms with Gasteiger partial charge in [-0.15, -0.1) is 0 Å². The molecule has 1 amide bonds. The van der Waals surface area contributed by atoms with Crippen molar-refractivity contribution in [2.24, 2.45) is 11.3 Å². The van der Waals surface area contributed by atoms with Crippen LogP contribution in [0.15, 0.2) is 0 Å². The van der Waals surface area contributed by atoms with Gasteiger partial charge < -0.3 is 4.90 Å². The molecule has 0 aromatic rings. The molecule has 0 aliphatic carbocycles. The Morgan fingerprint density at radius 3 is 2.06 bits per heavy atom. The number of piperidine rings is 1. The van der Waals surface area contributed by atoms with Crippen LogP contribution in [0, 0.1) is 11.3 Å². The molecule has 0 aromatic heterocycles. The molecule has 0 bridgehead atoms. The van der Waals surface area contributed by atoms with Gasteiger partial charge in [-0.25, -0.2) is 0 Å². The number of amides is 1. The van der Waals surface area contributed by atoms with Crippen LogP contribution in [-0.4, -0.2) is 47.9 Å². The largest absolute Gasteiger partial charge is 0.340 e. The lowest BCUT2D eigenvalue weighted by Gasteiger charge is -2.48. The molecule has 0 saturated carbocycles. The topological polar surface area (TPSA) is 23.6 Å². The van der Waals surface area contributed by atoms with Crippen LogP contribution in [-0.2, 0) is 4.79 Å². The van der Waals surface area contributed by atoms with Crippen LogP contribution in [0.1, 0.15) is 40.5 Å². The van der Waals surface area contributed by atoms with Gasteiger partial charge in [-0.05, 0) is 37.3 Å². The van der Waals surface area contributed by atoms with E-state index in [1.165, 1.54) is 25.9 Å². The van der Waals surface area contributed by atoms with Gasteiger partial charge in [0.2, 0.25) is 5.91 Å². The molecule has 2 aliphatic rings. The van der Waals surface area contributed by atoms with Crippen molar-refractivity contribution in [3.05, 3.63) is 0 Å². The van der Waals surface area contributed by atoms with Gasteiger partial charge in [-0.3, -0.25) is 9.69 Å². The van der Waals surface area contributed by atoms with Crippen molar-refractivity contribution in [3.63, 3.8) is 0 Å². The van der Waals surface area contributed by atoms with E-state index < -0.39 is 0 Å². The van der Waals surface area contributed by atoms with E-state index in [2.05, 4.69) is 25.7 Å². The van der Waals surface area contributed by atoms with Crippen molar-refractivity contribution >= 4 is 5.91 Å². The van der Waals surface area contributed by atoms with Gasteiger partial charge in [0.05, 0.1) is 0 Å². The predicted molar refractivity (Wildman–Crippen MR) is 69.8 cm³/mol. The van der Waals surface area contributed by atoms with Gasteiger partial charge in [0.15, 0.2) is 0 Å². The van der Waals surface area contributed by atoms with Crippen LogP contribution in [0.4, 0.5) is 0 Å². The second kappa shape index (κ2) is 4.60. The maximum absolute atomic E-state index is 11.1. The molecule has 3 nitrogen and oxygen atoms in total. The molecule has 0 spiro atoms. The van der Waals surface area contributed by atoms with E-state index in [0.29, 0.717) is 11.5 Å². The summed E-state index contributed by atoms with van der Waals surface area (Å²) in [5, 5.41) is 0. The number of carbonyl (C=O) groups is 1. The first-order valence-corrected chi connectivity index (χ1v) is 6.87. The Kier molecular flexibility index (Phi) is 3.48. The third-order valence-corrected chi connectivity index (χ3v) is 4.58. The van der Waals surface area contributed by atoms with E-state index in [1.54, 1.807) is 6.92 Å². The lowest BCUT2D eigenvalue weighted by atomic mass is 9.75. The van der Waals surface area contributed by atoms with Crippen LogP contribution in [0.25, 0.3) is 0 Å². The minimum absolute atomic E-state index is 0.228. The third-order valence-electron chi connectivity index (χ3n) is 4.58. The molecular formula is C14H26N2O. The molecule has 0 atom stereocenters. The fourth-order valence-corrected chi connectivity index (χ4v) is 3.07. The summed E-state index contributed by atoms with van der Waals surface area (Å²) in [6.45, 7) is 13.1. The van der Waals surface area contributed by atoms with Gasteiger partial charge in [0.1, 0.15) is 0 Å². The van der Waals surface area contributed by atoms with Gasteiger partial charge in [-0.1, -0.05) is 20.8 Å². The second-order valence-corrected chi connectivity index (χ2v) is 6.75. The Bertz CT molecular complexity index is 281. The maximum Gasteiger partial charge on any atom is 0.219 e. The number of nitrogens with zero attached hydrogens (tertiary/aromatic N) is 2. The van der Waals surface area contributed by atoms with Gasteiger partial charge in [0.25, 0.3) is 0 Å². The fraction of sp³-hybridized carbons (Fsp3) is 0.929. The van der Waals surface area contributed by atoms with E-state index >= 15 is 0 Å². The molecular weight excluding hydrogens is 212 g/mol. The summed E-state index contributed by atoms with van der Waals surface area (Å²) in [5.74, 6) is 1.09. The van der Waals surface area contributed by atoms with Gasteiger partial charge in [0, 0.05) is 26.1 Å². The molecule has 2 heterocycles. The number of likely N-dealkylation sites (tertiary alicyclic amines) is 2. The van der Waals surface area contributed by atoms with E-state index in [4.69, 9.17) is 0 Å². The first kappa shape index (κ1) is 12.9. The molecule has 0 unspecified atom stereocenters. The highest BCUT2D eigenvalue weighted by Crippen LogP contribution is 2.35. The maximum atomic E-state index is 11.1. The number of carbonyl (C=O) groups excluding carboxylic acids is 1. The lowest BCUT2D eigenvalue weighted by molar-refractivity contribution is -0.136. The number of hydrogen-bond donors (Lipinski definition) is 0. The first-order valence-electron chi connectivity index (χ1n) is 6.87. The van der Waals surface area contributed by atoms with Crippen LogP contribution in [0.3, 0.4) is 0 Å². The Hall–Kier alpha value is -0.570. The van der Waals surface area contributed by atoms with Gasteiger partial charge in [-0.2, -0.15) is 0 Å². The summed E-state index contributed by atoms with van der Waals surface area (Å²) >= 11 is 0. The molecule has 98 valence electrons. The smallest absolute Gasteiger partial charge is 0.219 e. The lowest BCUT2D eigenvalue weighted by Crippen LogP contribution is -2.62. The van der Waals surface area contributed by atoms with E-state index in [9.17, 15) is 4.79 Å². The standard InChI is InChI=1S/C14H26N2O/c1-11(17)16-9-13(10-16)15-7-5-12(6-8-15)14(2,3)4/h12-13H,5-10H2,1-4H3. The van der Waals surface area contributed by atoms with Crippen LogP contribution in [0.2, 0.25) is 0 Å². The van der Waals surface area contributed by atoms with Crippen molar-refractivity contribution in [3.8, 4) is 0 Å². The minimum Gasteiger partial charge on any atom is -0.340 e. The fourth-order valence-electron chi connectivity index (χ4n) is 3.07. The average molecular weight is 238 g/mol. The van der Waals surface area contributed by atoms with Crippen LogP contribution in [0.5, 0.6) is 0 Å². The number of hydrogen-bond acceptors (Lipinski definition) is 2. The summed E-state index contributed by atoms with van der Waals surface area (Å²) in [6, 6.07) is 0.639. The molecule has 0 aromatic carbocycles. The molecule has 17 heavy (non-hydrogen) atoms. The molecule has 2 saturated heterocycles. The third kappa shape index (κ3) is 2.82. The summed E-state index contributed by atoms with van der Waals surface area (Å²) in [5.41, 5.74) is 0.455. The van der Waals surface area contributed by atoms with E-state index in [1.807, 2.05) is 4.90 Å². The highest BCUT2D eigenvalue weighted by molar-refractivity contribution is 5.74. The van der Waals surface area contributed by atoms with Crippen LogP contribution >= 0.6 is 0 Å². The molecule has 2 aliphatic heterocycles. The van der Waals surface area contributed by atoms with E-state index in [0.717, 1.165) is 19.0 Å². The predicted octanol–water partition coefficient (Wildman–Crippen LogP) is 1.98. The molecule has 2 fully saturated rings. The summed E-state index contributed by atoms with van der Waals surface area (Å²) in [4.78, 5) is 15.7. The van der Waals surface area contributed by atoms with Crippen molar-refractivity contribution in [1.82, 2.24) is 9.80 Å². The first-order chi connectivity index (χ1) is 7.88. The number of rotatable bonds is 1. The second-order valence-electron chi connectivity index (χ2n) is 6.75. The van der Waals surface area contributed by atoms with Crippen molar-refractivity contribution in [1.29, 1.82) is 0 Å². The molecule has 0 radical (unpaired) electrons. The zero-order valence-corrected chi connectivity index (χ0v) is 11.7. The van der Waals surface area contributed by atoms with Crippen molar-refractivity contribution in [2.45, 2.75) is 46.6 Å². The highest BCUT2D eigenvalue weighted by Gasteiger charge is 2.36. The Morgan fingerprint density at radius 2 is 1.65 bits per heavy atom. The van der Waals surface area contributed by atoms with Crippen molar-refractivity contribution in [2.75, 3.05) is 26.2 Å². The molecule has 0 N–H and O–H groups in total. The minimum atomic E-state index is 0.228. The molecule has 3 heteroatoms. The van der Waals surface area contributed by atoms with E-state index in [-0.39, 0.29) is 5.91 Å².